The molecule has 7 heteroatoms. The van der Waals surface area contributed by atoms with Crippen molar-refractivity contribution in [1.29, 1.82) is 0 Å². The predicted octanol–water partition coefficient (Wildman–Crippen LogP) is 1.48. The van der Waals surface area contributed by atoms with Crippen LogP contribution in [-0.4, -0.2) is 31.1 Å². The number of rotatable bonds is 6. The number of carboxylic acid groups (broad SMARTS) is 1. The first-order valence-corrected chi connectivity index (χ1v) is 7.05. The van der Waals surface area contributed by atoms with E-state index in [0.717, 1.165) is 22.2 Å². The molecule has 2 heterocycles. The molecule has 0 radical (unpaired) electrons. The van der Waals surface area contributed by atoms with Crippen LogP contribution < -0.4 is 5.73 Å². The Hall–Kier alpha value is -2.67. The third kappa shape index (κ3) is 2.71. The second kappa shape index (κ2) is 5.98. The van der Waals surface area contributed by atoms with Gasteiger partial charge in [-0.1, -0.05) is 23.4 Å². The molecule has 0 aliphatic carbocycles. The van der Waals surface area contributed by atoms with E-state index in [9.17, 15) is 9.90 Å². The maximum absolute atomic E-state index is 11.2. The zero-order valence-electron chi connectivity index (χ0n) is 11.9. The van der Waals surface area contributed by atoms with Crippen molar-refractivity contribution >= 4 is 16.9 Å². The Morgan fingerprint density at radius 3 is 3.00 bits per heavy atom. The van der Waals surface area contributed by atoms with E-state index in [1.807, 2.05) is 30.5 Å². The fourth-order valence-corrected chi connectivity index (χ4v) is 2.72. The molecule has 4 N–H and O–H groups in total. The van der Waals surface area contributed by atoms with Crippen LogP contribution in [-0.2, 0) is 17.8 Å². The van der Waals surface area contributed by atoms with E-state index in [1.54, 1.807) is 10.9 Å². The highest BCUT2D eigenvalue weighted by Gasteiger charge is 2.21. The molecule has 0 amide bonds. The van der Waals surface area contributed by atoms with Gasteiger partial charge in [0, 0.05) is 23.6 Å². The van der Waals surface area contributed by atoms with Gasteiger partial charge in [-0.2, -0.15) is 0 Å². The zero-order chi connectivity index (χ0) is 15.5. The van der Waals surface area contributed by atoms with Gasteiger partial charge in [-0.15, -0.1) is 5.10 Å². The summed E-state index contributed by atoms with van der Waals surface area (Å²) >= 11 is 0. The molecular weight excluding hydrogens is 282 g/mol. The van der Waals surface area contributed by atoms with Crippen molar-refractivity contribution in [2.24, 2.45) is 5.73 Å². The summed E-state index contributed by atoms with van der Waals surface area (Å²) in [5.41, 5.74) is 8.49. The Balaban J connectivity index is 1.95. The molecule has 1 atom stereocenters. The number of nitrogens with zero attached hydrogens (tertiary/aromatic N) is 3. The van der Waals surface area contributed by atoms with Gasteiger partial charge < -0.3 is 15.8 Å². The molecule has 0 unspecified atom stereocenters. The molecule has 0 fully saturated rings. The fraction of sp³-hybridized carbons (Fsp3) is 0.267. The SMILES string of the molecule is NCc1cnnn1[C@@H](CC(=O)O)Cc1c[nH]c2ccccc12. The van der Waals surface area contributed by atoms with Crippen LogP contribution in [0, 0.1) is 0 Å². The zero-order valence-corrected chi connectivity index (χ0v) is 11.9. The number of hydrogen-bond donors (Lipinski definition) is 3. The van der Waals surface area contributed by atoms with E-state index in [4.69, 9.17) is 5.73 Å². The predicted molar refractivity (Wildman–Crippen MR) is 81.2 cm³/mol. The molecule has 3 rings (SSSR count). The van der Waals surface area contributed by atoms with Crippen molar-refractivity contribution < 1.29 is 9.90 Å². The number of aromatic nitrogens is 4. The average molecular weight is 299 g/mol. The molecule has 7 nitrogen and oxygen atoms in total. The van der Waals surface area contributed by atoms with Crippen LogP contribution in [0.4, 0.5) is 0 Å². The van der Waals surface area contributed by atoms with Crippen molar-refractivity contribution in [3.8, 4) is 0 Å². The van der Waals surface area contributed by atoms with Gasteiger partial charge in [-0.3, -0.25) is 4.79 Å². The molecule has 114 valence electrons. The highest BCUT2D eigenvalue weighted by atomic mass is 16.4. The number of hydrogen-bond acceptors (Lipinski definition) is 4. The minimum Gasteiger partial charge on any atom is -0.481 e. The monoisotopic (exact) mass is 299 g/mol. The summed E-state index contributed by atoms with van der Waals surface area (Å²) in [7, 11) is 0. The summed E-state index contributed by atoms with van der Waals surface area (Å²) < 4.78 is 1.62. The summed E-state index contributed by atoms with van der Waals surface area (Å²) in [6, 6.07) is 7.61. The Morgan fingerprint density at radius 1 is 1.41 bits per heavy atom. The molecule has 22 heavy (non-hydrogen) atoms. The maximum atomic E-state index is 11.2. The minimum absolute atomic E-state index is 0.0319. The third-order valence-electron chi connectivity index (χ3n) is 3.74. The van der Waals surface area contributed by atoms with Gasteiger partial charge in [0.25, 0.3) is 0 Å². The molecule has 2 aromatic heterocycles. The number of carboxylic acids is 1. The average Bonchev–Trinajstić information content (AvgIpc) is 3.13. The first kappa shape index (κ1) is 14.3. The van der Waals surface area contributed by atoms with Crippen molar-refractivity contribution in [2.75, 3.05) is 0 Å². The first-order valence-electron chi connectivity index (χ1n) is 7.05. The number of fused-ring (bicyclic) bond motifs is 1. The van der Waals surface area contributed by atoms with E-state index >= 15 is 0 Å². The topological polar surface area (TPSA) is 110 Å². The van der Waals surface area contributed by atoms with E-state index in [-0.39, 0.29) is 19.0 Å². The van der Waals surface area contributed by atoms with Crippen LogP contribution in [0.15, 0.2) is 36.7 Å². The Labute approximate surface area is 126 Å². The van der Waals surface area contributed by atoms with Crippen molar-refractivity contribution in [1.82, 2.24) is 20.0 Å². The lowest BCUT2D eigenvalue weighted by Crippen LogP contribution is -2.20. The molecular formula is C15H17N5O2. The van der Waals surface area contributed by atoms with Crippen molar-refractivity contribution in [3.05, 3.63) is 47.9 Å². The van der Waals surface area contributed by atoms with Gasteiger partial charge in [-0.05, 0) is 18.1 Å². The molecule has 0 saturated heterocycles. The quantitative estimate of drug-likeness (QED) is 0.638. The third-order valence-corrected chi connectivity index (χ3v) is 3.74. The van der Waals surface area contributed by atoms with E-state index in [1.165, 1.54) is 0 Å². The van der Waals surface area contributed by atoms with E-state index in [0.29, 0.717) is 6.42 Å². The number of carbonyl (C=O) groups is 1. The molecule has 0 spiro atoms. The van der Waals surface area contributed by atoms with Crippen molar-refractivity contribution in [3.63, 3.8) is 0 Å². The van der Waals surface area contributed by atoms with E-state index in [2.05, 4.69) is 15.3 Å². The van der Waals surface area contributed by atoms with Crippen LogP contribution in [0.25, 0.3) is 10.9 Å². The molecule has 1 aromatic carbocycles. The molecule has 0 aliphatic rings. The fourth-order valence-electron chi connectivity index (χ4n) is 2.72. The van der Waals surface area contributed by atoms with Gasteiger partial charge in [0.2, 0.25) is 0 Å². The number of aliphatic carboxylic acids is 1. The van der Waals surface area contributed by atoms with Gasteiger partial charge in [0.05, 0.1) is 24.4 Å². The minimum atomic E-state index is -0.872. The summed E-state index contributed by atoms with van der Waals surface area (Å²) in [6.07, 6.45) is 4.01. The van der Waals surface area contributed by atoms with Crippen LogP contribution in [0.3, 0.4) is 0 Å². The summed E-state index contributed by atoms with van der Waals surface area (Å²) in [6.45, 7) is 0.275. The van der Waals surface area contributed by atoms with Crippen molar-refractivity contribution in [2.45, 2.75) is 25.4 Å². The summed E-state index contributed by atoms with van der Waals surface area (Å²) in [5.74, 6) is -0.872. The molecule has 0 bridgehead atoms. The largest absolute Gasteiger partial charge is 0.481 e. The Kier molecular flexibility index (Phi) is 3.88. The Bertz CT molecular complexity index is 792. The van der Waals surface area contributed by atoms with Crippen LogP contribution in [0.5, 0.6) is 0 Å². The maximum Gasteiger partial charge on any atom is 0.305 e. The number of aromatic amines is 1. The molecule has 0 saturated carbocycles. The standard InChI is InChI=1S/C15H17N5O2/c16-7-12-9-18-19-20(12)11(6-15(21)22)5-10-8-17-14-4-2-1-3-13(10)14/h1-4,8-9,11,17H,5-7,16H2,(H,21,22)/t11-/m1/s1. The lowest BCUT2D eigenvalue weighted by atomic mass is 10.0. The van der Waals surface area contributed by atoms with Crippen LogP contribution >= 0.6 is 0 Å². The number of H-pyrrole nitrogens is 1. The molecule has 0 aliphatic heterocycles. The van der Waals surface area contributed by atoms with Gasteiger partial charge in [0.1, 0.15) is 0 Å². The number of nitrogens with two attached hydrogens (primary N) is 1. The van der Waals surface area contributed by atoms with Gasteiger partial charge >= 0.3 is 5.97 Å². The van der Waals surface area contributed by atoms with Crippen LogP contribution in [0.1, 0.15) is 23.7 Å². The van der Waals surface area contributed by atoms with E-state index < -0.39 is 5.97 Å². The lowest BCUT2D eigenvalue weighted by molar-refractivity contribution is -0.138. The highest BCUT2D eigenvalue weighted by Crippen LogP contribution is 2.25. The van der Waals surface area contributed by atoms with Gasteiger partial charge in [-0.25, -0.2) is 4.68 Å². The smallest absolute Gasteiger partial charge is 0.305 e. The second-order valence-corrected chi connectivity index (χ2v) is 5.19. The summed E-state index contributed by atoms with van der Waals surface area (Å²) in [4.78, 5) is 14.4. The van der Waals surface area contributed by atoms with Gasteiger partial charge in [0.15, 0.2) is 0 Å². The molecule has 3 aromatic rings. The first-order chi connectivity index (χ1) is 10.7. The number of para-hydroxylation sites is 1. The number of benzene rings is 1. The number of nitrogens with one attached hydrogen (secondary N) is 1. The Morgan fingerprint density at radius 2 is 2.23 bits per heavy atom. The summed E-state index contributed by atoms with van der Waals surface area (Å²) in [5, 5.41) is 18.1. The highest BCUT2D eigenvalue weighted by molar-refractivity contribution is 5.83. The lowest BCUT2D eigenvalue weighted by Gasteiger charge is -2.17. The second-order valence-electron chi connectivity index (χ2n) is 5.19. The van der Waals surface area contributed by atoms with Crippen LogP contribution in [0.2, 0.25) is 0 Å². The normalized spacial score (nSPS) is 12.6.